The zero-order valence-electron chi connectivity index (χ0n) is 12.6. The zero-order valence-corrected chi connectivity index (χ0v) is 14.2. The molecule has 2 fully saturated rings. The number of nitrogens with one attached hydrogen (secondary N) is 1. The van der Waals surface area contributed by atoms with Crippen LogP contribution in [0, 0.1) is 5.92 Å². The summed E-state index contributed by atoms with van der Waals surface area (Å²) < 4.78 is 12.8. The van der Waals surface area contributed by atoms with Gasteiger partial charge in [-0.3, -0.25) is 0 Å². The monoisotopic (exact) mass is 353 g/mol. The molecule has 1 aliphatic carbocycles. The van der Waals surface area contributed by atoms with Gasteiger partial charge in [0.25, 0.3) is 0 Å². The van der Waals surface area contributed by atoms with E-state index in [1.807, 2.05) is 6.07 Å². The molecular weight excluding hydrogens is 330 g/mol. The van der Waals surface area contributed by atoms with Crippen molar-refractivity contribution in [2.75, 3.05) is 13.2 Å². The van der Waals surface area contributed by atoms with Gasteiger partial charge in [0.1, 0.15) is 5.75 Å². The second-order valence-corrected chi connectivity index (χ2v) is 6.97. The molecule has 1 heterocycles. The highest BCUT2D eigenvalue weighted by Crippen LogP contribution is 2.39. The van der Waals surface area contributed by atoms with Gasteiger partial charge in [-0.1, -0.05) is 22.9 Å². The predicted molar refractivity (Wildman–Crippen MR) is 87.6 cm³/mol. The third-order valence-electron chi connectivity index (χ3n) is 4.26. The van der Waals surface area contributed by atoms with E-state index < -0.39 is 0 Å². The lowest BCUT2D eigenvalue weighted by molar-refractivity contribution is 0.0808. The van der Waals surface area contributed by atoms with E-state index in [1.165, 1.54) is 18.4 Å². The van der Waals surface area contributed by atoms with Crippen molar-refractivity contribution in [3.05, 3.63) is 28.2 Å². The Hall–Kier alpha value is -0.580. The van der Waals surface area contributed by atoms with Gasteiger partial charge in [-0.25, -0.2) is 0 Å². The molecule has 0 aromatic heterocycles. The summed E-state index contributed by atoms with van der Waals surface area (Å²) in [6.07, 6.45) is 5.26. The molecule has 1 saturated heterocycles. The van der Waals surface area contributed by atoms with Crippen molar-refractivity contribution < 1.29 is 9.47 Å². The van der Waals surface area contributed by atoms with Crippen molar-refractivity contribution >= 4 is 15.9 Å². The van der Waals surface area contributed by atoms with E-state index in [0.29, 0.717) is 12.1 Å². The Morgan fingerprint density at radius 2 is 2.19 bits per heavy atom. The summed E-state index contributed by atoms with van der Waals surface area (Å²) >= 11 is 3.56. The van der Waals surface area contributed by atoms with Crippen molar-refractivity contribution in [2.24, 2.45) is 5.92 Å². The van der Waals surface area contributed by atoms with Gasteiger partial charge < -0.3 is 14.8 Å². The van der Waals surface area contributed by atoms with Crippen molar-refractivity contribution in [3.63, 3.8) is 0 Å². The lowest BCUT2D eigenvalue weighted by Crippen LogP contribution is -2.37. The number of rotatable bonds is 7. The number of halogens is 1. The molecule has 1 aliphatic heterocycles. The van der Waals surface area contributed by atoms with Crippen LogP contribution in [-0.2, 0) is 11.3 Å². The Labute approximate surface area is 135 Å². The third kappa shape index (κ3) is 3.99. The number of hydrogen-bond acceptors (Lipinski definition) is 3. The lowest BCUT2D eigenvalue weighted by atomic mass is 10.1. The second kappa shape index (κ2) is 7.12. The first kappa shape index (κ1) is 15.3. The van der Waals surface area contributed by atoms with Gasteiger partial charge in [-0.2, -0.15) is 0 Å². The molecule has 2 aliphatic rings. The van der Waals surface area contributed by atoms with Crippen molar-refractivity contribution in [1.29, 1.82) is 0 Å². The normalized spacial score (nSPS) is 25.2. The quantitative estimate of drug-likeness (QED) is 0.806. The predicted octanol–water partition coefficient (Wildman–Crippen LogP) is 3.90. The Balaban J connectivity index is 1.62. The molecule has 0 radical (unpaired) electrons. The van der Waals surface area contributed by atoms with Crippen LogP contribution in [0.15, 0.2) is 22.7 Å². The molecule has 3 nitrogen and oxygen atoms in total. The van der Waals surface area contributed by atoms with Gasteiger partial charge in [-0.15, -0.1) is 0 Å². The van der Waals surface area contributed by atoms with Crippen LogP contribution in [0.5, 0.6) is 5.75 Å². The van der Waals surface area contributed by atoms with Crippen LogP contribution in [0.4, 0.5) is 0 Å². The lowest BCUT2D eigenvalue weighted by Gasteiger charge is -2.20. The zero-order chi connectivity index (χ0) is 14.7. The van der Waals surface area contributed by atoms with Crippen molar-refractivity contribution in [2.45, 2.75) is 51.3 Å². The average molecular weight is 354 g/mol. The Kier molecular flexibility index (Phi) is 5.19. The molecule has 3 rings (SSSR count). The topological polar surface area (TPSA) is 30.5 Å². The molecule has 1 aromatic carbocycles. The summed E-state index contributed by atoms with van der Waals surface area (Å²) in [5.74, 6) is 1.79. The first-order chi connectivity index (χ1) is 10.3. The molecule has 1 saturated carbocycles. The summed E-state index contributed by atoms with van der Waals surface area (Å²) in [7, 11) is 0. The van der Waals surface area contributed by atoms with Crippen LogP contribution in [-0.4, -0.2) is 25.4 Å². The van der Waals surface area contributed by atoms with E-state index in [4.69, 9.17) is 9.47 Å². The fourth-order valence-corrected chi connectivity index (χ4v) is 3.41. The van der Waals surface area contributed by atoms with E-state index in [1.54, 1.807) is 0 Å². The molecule has 21 heavy (non-hydrogen) atoms. The summed E-state index contributed by atoms with van der Waals surface area (Å²) in [4.78, 5) is 0. The van der Waals surface area contributed by atoms with E-state index in [-0.39, 0.29) is 0 Å². The molecule has 2 unspecified atom stereocenters. The van der Waals surface area contributed by atoms with Crippen LogP contribution >= 0.6 is 15.9 Å². The maximum atomic E-state index is 5.89. The van der Waals surface area contributed by atoms with Gasteiger partial charge in [0.05, 0.1) is 12.7 Å². The smallest absolute Gasteiger partial charge is 0.123 e. The maximum absolute atomic E-state index is 5.89. The number of ether oxygens (including phenoxy) is 2. The molecular formula is C17H24BrNO2. The number of benzene rings is 1. The highest BCUT2D eigenvalue weighted by molar-refractivity contribution is 9.10. The van der Waals surface area contributed by atoms with E-state index >= 15 is 0 Å². The van der Waals surface area contributed by atoms with Gasteiger partial charge >= 0.3 is 0 Å². The van der Waals surface area contributed by atoms with Crippen LogP contribution in [0.1, 0.15) is 38.2 Å². The molecule has 0 amide bonds. The molecule has 0 spiro atoms. The highest BCUT2D eigenvalue weighted by atomic mass is 79.9. The minimum absolute atomic E-state index is 0.428. The van der Waals surface area contributed by atoms with Gasteiger partial charge in [-0.05, 0) is 49.8 Å². The van der Waals surface area contributed by atoms with Crippen molar-refractivity contribution in [1.82, 2.24) is 5.32 Å². The Bertz CT molecular complexity index is 476. The summed E-state index contributed by atoms with van der Waals surface area (Å²) in [6, 6.07) is 6.75. The standard InChI is InChI=1S/C17H24BrNO2/c1-2-8-20-16-6-5-14(18)10-13(16)11-19-15-7-9-21-17(15)12-3-4-12/h5-6,10,12,15,17,19H,2-4,7-9,11H2,1H3. The van der Waals surface area contributed by atoms with E-state index in [2.05, 4.69) is 40.3 Å². The Morgan fingerprint density at radius 3 is 2.95 bits per heavy atom. The van der Waals surface area contributed by atoms with E-state index in [0.717, 1.165) is 48.7 Å². The molecule has 116 valence electrons. The average Bonchev–Trinajstić information content (AvgIpc) is 3.23. The third-order valence-corrected chi connectivity index (χ3v) is 4.75. The van der Waals surface area contributed by atoms with Crippen LogP contribution < -0.4 is 10.1 Å². The number of hydrogen-bond donors (Lipinski definition) is 1. The summed E-state index contributed by atoms with van der Waals surface area (Å²) in [5.41, 5.74) is 1.22. The summed E-state index contributed by atoms with van der Waals surface area (Å²) in [5, 5.41) is 3.69. The highest BCUT2D eigenvalue weighted by Gasteiger charge is 2.40. The fraction of sp³-hybridized carbons (Fsp3) is 0.647. The molecule has 1 aromatic rings. The van der Waals surface area contributed by atoms with Crippen LogP contribution in [0.3, 0.4) is 0 Å². The minimum Gasteiger partial charge on any atom is -0.493 e. The summed E-state index contributed by atoms with van der Waals surface area (Å²) in [6.45, 7) is 4.64. The van der Waals surface area contributed by atoms with Gasteiger partial charge in [0, 0.05) is 29.2 Å². The molecule has 2 atom stereocenters. The first-order valence-corrected chi connectivity index (χ1v) is 8.83. The van der Waals surface area contributed by atoms with E-state index in [9.17, 15) is 0 Å². The SMILES string of the molecule is CCCOc1ccc(Br)cc1CNC1CCOC1C1CC1. The van der Waals surface area contributed by atoms with Crippen molar-refractivity contribution in [3.8, 4) is 5.75 Å². The minimum atomic E-state index is 0.428. The van der Waals surface area contributed by atoms with Crippen LogP contribution in [0.25, 0.3) is 0 Å². The first-order valence-electron chi connectivity index (χ1n) is 8.04. The van der Waals surface area contributed by atoms with Gasteiger partial charge in [0.2, 0.25) is 0 Å². The largest absolute Gasteiger partial charge is 0.493 e. The second-order valence-electron chi connectivity index (χ2n) is 6.05. The molecule has 4 heteroatoms. The maximum Gasteiger partial charge on any atom is 0.123 e. The molecule has 0 bridgehead atoms. The van der Waals surface area contributed by atoms with Gasteiger partial charge in [0.15, 0.2) is 0 Å². The molecule has 1 N–H and O–H groups in total. The fourth-order valence-electron chi connectivity index (χ4n) is 3.00. The Morgan fingerprint density at radius 1 is 1.33 bits per heavy atom. The van der Waals surface area contributed by atoms with Crippen LogP contribution in [0.2, 0.25) is 0 Å².